The van der Waals surface area contributed by atoms with Gasteiger partial charge in [-0.1, -0.05) is 25.1 Å². The predicted molar refractivity (Wildman–Crippen MR) is 83.5 cm³/mol. The fourth-order valence-electron chi connectivity index (χ4n) is 2.19. The van der Waals surface area contributed by atoms with Gasteiger partial charge in [-0.3, -0.25) is 4.79 Å². The van der Waals surface area contributed by atoms with Gasteiger partial charge in [0.05, 0.1) is 5.56 Å². The zero-order chi connectivity index (χ0) is 18.3. The molecule has 0 spiro atoms. The average Bonchev–Trinajstić information content (AvgIpc) is 2.50. The number of alkyl halides is 3. The van der Waals surface area contributed by atoms with Crippen molar-refractivity contribution in [2.45, 2.75) is 44.3 Å². The van der Waals surface area contributed by atoms with E-state index in [9.17, 15) is 22.8 Å². The zero-order valence-electron chi connectivity index (χ0n) is 13.3. The summed E-state index contributed by atoms with van der Waals surface area (Å²) in [5.74, 6) is -1.92. The van der Waals surface area contributed by atoms with Crippen molar-refractivity contribution in [3.63, 3.8) is 0 Å². The van der Waals surface area contributed by atoms with Crippen molar-refractivity contribution < 1.29 is 27.9 Å². The largest absolute Gasteiger partial charge is 0.480 e. The maximum Gasteiger partial charge on any atom is 0.416 e. The quantitative estimate of drug-likeness (QED) is 0.707. The van der Waals surface area contributed by atoms with Crippen LogP contribution < -0.4 is 5.32 Å². The molecule has 0 aromatic heterocycles. The van der Waals surface area contributed by atoms with Crippen LogP contribution in [-0.4, -0.2) is 23.0 Å². The van der Waals surface area contributed by atoms with Crippen molar-refractivity contribution in [3.05, 3.63) is 48.0 Å². The lowest BCUT2D eigenvalue weighted by molar-refractivity contribution is -0.142. The van der Waals surface area contributed by atoms with Gasteiger partial charge in [0.15, 0.2) is 0 Å². The number of allylic oxidation sites excluding steroid dienone is 1. The first kappa shape index (κ1) is 19.7. The highest BCUT2D eigenvalue weighted by atomic mass is 19.4. The molecule has 4 nitrogen and oxygen atoms in total. The van der Waals surface area contributed by atoms with Crippen molar-refractivity contribution in [3.8, 4) is 0 Å². The number of hydrogen-bond acceptors (Lipinski definition) is 2. The molecule has 0 bridgehead atoms. The molecule has 1 aromatic rings. The highest BCUT2D eigenvalue weighted by molar-refractivity contribution is 5.83. The molecule has 0 aliphatic carbocycles. The third-order valence-electron chi connectivity index (χ3n) is 3.59. The van der Waals surface area contributed by atoms with E-state index in [1.807, 2.05) is 0 Å². The molecular formula is C17H20F3NO3. The van der Waals surface area contributed by atoms with E-state index in [1.54, 1.807) is 13.0 Å². The Labute approximate surface area is 138 Å². The summed E-state index contributed by atoms with van der Waals surface area (Å²) in [4.78, 5) is 23.0. The van der Waals surface area contributed by atoms with Gasteiger partial charge in [-0.05, 0) is 36.5 Å². The topological polar surface area (TPSA) is 66.4 Å². The Morgan fingerprint density at radius 3 is 2.33 bits per heavy atom. The molecule has 0 saturated heterocycles. The van der Waals surface area contributed by atoms with E-state index >= 15 is 0 Å². The average molecular weight is 343 g/mol. The van der Waals surface area contributed by atoms with E-state index in [2.05, 4.69) is 11.9 Å². The third kappa shape index (κ3) is 6.06. The molecule has 7 heteroatoms. The smallest absolute Gasteiger partial charge is 0.416 e. The molecule has 0 heterocycles. The number of aliphatic carboxylic acids is 1. The van der Waals surface area contributed by atoms with Crippen LogP contribution in [0.15, 0.2) is 36.9 Å². The van der Waals surface area contributed by atoms with Gasteiger partial charge in [0.1, 0.15) is 6.04 Å². The van der Waals surface area contributed by atoms with E-state index in [0.717, 1.165) is 12.1 Å². The predicted octanol–water partition coefficient (Wildman–Crippen LogP) is 3.73. The summed E-state index contributed by atoms with van der Waals surface area (Å²) in [7, 11) is 0. The number of halogens is 3. The number of amides is 1. The summed E-state index contributed by atoms with van der Waals surface area (Å²) < 4.78 is 37.6. The summed E-state index contributed by atoms with van der Waals surface area (Å²) in [6.45, 7) is 5.19. The number of carbonyl (C=O) groups is 2. The molecule has 0 aliphatic heterocycles. The summed E-state index contributed by atoms with van der Waals surface area (Å²) in [6.07, 6.45) is -2.17. The Morgan fingerprint density at radius 1 is 1.29 bits per heavy atom. The van der Waals surface area contributed by atoms with Gasteiger partial charge in [-0.2, -0.15) is 13.2 Å². The highest BCUT2D eigenvalue weighted by Crippen LogP contribution is 2.30. The third-order valence-corrected chi connectivity index (χ3v) is 3.59. The summed E-state index contributed by atoms with van der Waals surface area (Å²) in [5.41, 5.74) is -0.172. The fraction of sp³-hybridized carbons (Fsp3) is 0.412. The first-order valence-electron chi connectivity index (χ1n) is 7.45. The van der Waals surface area contributed by atoms with Crippen LogP contribution >= 0.6 is 0 Å². The Morgan fingerprint density at radius 2 is 1.88 bits per heavy atom. The van der Waals surface area contributed by atoms with E-state index in [1.165, 1.54) is 12.1 Å². The molecule has 0 aliphatic rings. The first-order chi connectivity index (χ1) is 11.1. The number of carboxylic acids is 1. The lowest BCUT2D eigenvalue weighted by Gasteiger charge is -2.17. The van der Waals surface area contributed by atoms with Gasteiger partial charge in [0.25, 0.3) is 0 Å². The number of nitrogens with one attached hydrogen (secondary N) is 1. The molecule has 132 valence electrons. The van der Waals surface area contributed by atoms with E-state index in [4.69, 9.17) is 5.11 Å². The second-order valence-corrected chi connectivity index (χ2v) is 5.55. The van der Waals surface area contributed by atoms with Gasteiger partial charge >= 0.3 is 12.1 Å². The van der Waals surface area contributed by atoms with Crippen LogP contribution in [0.4, 0.5) is 13.2 Å². The maximum absolute atomic E-state index is 12.5. The zero-order valence-corrected chi connectivity index (χ0v) is 13.3. The van der Waals surface area contributed by atoms with Crippen LogP contribution in [0.2, 0.25) is 0 Å². The number of benzene rings is 1. The van der Waals surface area contributed by atoms with Crippen LogP contribution in [0, 0.1) is 0 Å². The number of carbonyl (C=O) groups excluding carboxylic acids is 1. The van der Waals surface area contributed by atoms with Crippen molar-refractivity contribution >= 4 is 11.9 Å². The van der Waals surface area contributed by atoms with E-state index < -0.39 is 29.7 Å². The molecule has 0 fully saturated rings. The lowest BCUT2D eigenvalue weighted by Crippen LogP contribution is -2.41. The summed E-state index contributed by atoms with van der Waals surface area (Å²) in [5, 5.41) is 11.5. The molecule has 2 atom stereocenters. The van der Waals surface area contributed by atoms with E-state index in [-0.39, 0.29) is 18.8 Å². The Balaban J connectivity index is 2.65. The molecule has 1 rings (SSSR count). The summed E-state index contributed by atoms with van der Waals surface area (Å²) >= 11 is 0. The maximum atomic E-state index is 12.5. The molecule has 2 unspecified atom stereocenters. The van der Waals surface area contributed by atoms with Crippen LogP contribution in [0.1, 0.15) is 43.2 Å². The Hall–Kier alpha value is -2.31. The van der Waals surface area contributed by atoms with Gasteiger partial charge in [0.2, 0.25) is 5.91 Å². The van der Waals surface area contributed by atoms with Gasteiger partial charge in [0, 0.05) is 6.42 Å². The molecule has 1 amide bonds. The van der Waals surface area contributed by atoms with Crippen LogP contribution in [0.3, 0.4) is 0 Å². The molecule has 0 saturated carbocycles. The second kappa shape index (κ2) is 8.52. The highest BCUT2D eigenvalue weighted by Gasteiger charge is 2.30. The van der Waals surface area contributed by atoms with E-state index in [0.29, 0.717) is 12.0 Å². The van der Waals surface area contributed by atoms with Crippen molar-refractivity contribution in [1.29, 1.82) is 0 Å². The minimum absolute atomic E-state index is 0.0107. The minimum Gasteiger partial charge on any atom is -0.480 e. The van der Waals surface area contributed by atoms with Crippen LogP contribution in [-0.2, 0) is 15.8 Å². The monoisotopic (exact) mass is 343 g/mol. The first-order valence-corrected chi connectivity index (χ1v) is 7.45. The number of rotatable bonds is 8. The number of hydrogen-bond donors (Lipinski definition) is 2. The number of carboxylic acid groups (broad SMARTS) is 1. The van der Waals surface area contributed by atoms with Gasteiger partial charge < -0.3 is 10.4 Å². The normalized spacial score (nSPS) is 13.8. The second-order valence-electron chi connectivity index (χ2n) is 5.55. The lowest BCUT2D eigenvalue weighted by atomic mass is 9.96. The summed E-state index contributed by atoms with van der Waals surface area (Å²) in [6, 6.07) is 3.58. The fourth-order valence-corrected chi connectivity index (χ4v) is 2.19. The van der Waals surface area contributed by atoms with Crippen molar-refractivity contribution in [2.75, 3.05) is 0 Å². The van der Waals surface area contributed by atoms with Gasteiger partial charge in [-0.25, -0.2) is 4.79 Å². The van der Waals surface area contributed by atoms with Gasteiger partial charge in [-0.15, -0.1) is 6.58 Å². The molecule has 0 radical (unpaired) electrons. The minimum atomic E-state index is -4.40. The molecule has 2 N–H and O–H groups in total. The Kier molecular flexibility index (Phi) is 7.00. The van der Waals surface area contributed by atoms with Crippen molar-refractivity contribution in [1.82, 2.24) is 5.32 Å². The van der Waals surface area contributed by atoms with Crippen LogP contribution in [0.25, 0.3) is 0 Å². The SMILES string of the molecule is C=CCCC(NC(=O)CC(C)c1ccc(C(F)(F)F)cc1)C(=O)O. The molecule has 1 aromatic carbocycles. The molecule has 24 heavy (non-hydrogen) atoms. The molecular weight excluding hydrogens is 323 g/mol. The van der Waals surface area contributed by atoms with Crippen molar-refractivity contribution in [2.24, 2.45) is 0 Å². The standard InChI is InChI=1S/C17H20F3NO3/c1-3-4-5-14(16(23)24)21-15(22)10-11(2)12-6-8-13(9-7-12)17(18,19)20/h3,6-9,11,14H,1,4-5,10H2,2H3,(H,21,22)(H,23,24). The Bertz CT molecular complexity index is 582. The van der Waals surface area contributed by atoms with Crippen LogP contribution in [0.5, 0.6) is 0 Å².